The van der Waals surface area contributed by atoms with Crippen molar-refractivity contribution in [1.82, 2.24) is 4.98 Å². The maximum Gasteiger partial charge on any atom is 0.340 e. The predicted octanol–water partition coefficient (Wildman–Crippen LogP) is 2.05. The molecule has 0 atom stereocenters. The summed E-state index contributed by atoms with van der Waals surface area (Å²) in [4.78, 5) is 14.4. The second-order valence-corrected chi connectivity index (χ2v) is 3.40. The summed E-state index contributed by atoms with van der Waals surface area (Å²) in [6, 6.07) is 7.36. The van der Waals surface area contributed by atoms with Crippen LogP contribution in [-0.2, 0) is 4.74 Å². The molecule has 0 aliphatic carbocycles. The Hall–Kier alpha value is -2.23. The molecule has 4 nitrogen and oxygen atoms in total. The van der Waals surface area contributed by atoms with Gasteiger partial charge in [-0.1, -0.05) is 12.1 Å². The molecule has 0 spiro atoms. The Morgan fingerprint density at radius 2 is 2.19 bits per heavy atom. The van der Waals surface area contributed by atoms with E-state index in [1.165, 1.54) is 7.11 Å². The van der Waals surface area contributed by atoms with Gasteiger partial charge < -0.3 is 15.5 Å². The van der Waals surface area contributed by atoms with Gasteiger partial charge in [0.1, 0.15) is 0 Å². The van der Waals surface area contributed by atoms with Crippen LogP contribution in [0.1, 0.15) is 10.4 Å². The molecule has 0 fully saturated rings. The molecule has 0 radical (unpaired) electrons. The van der Waals surface area contributed by atoms with Crippen molar-refractivity contribution in [3.8, 4) is 11.1 Å². The fraction of sp³-hybridized carbons (Fsp3) is 0.0833. The van der Waals surface area contributed by atoms with E-state index in [0.29, 0.717) is 11.3 Å². The number of hydrogen-bond donors (Lipinski definition) is 2. The molecule has 4 heteroatoms. The van der Waals surface area contributed by atoms with E-state index in [1.807, 2.05) is 18.2 Å². The van der Waals surface area contributed by atoms with Crippen molar-refractivity contribution in [1.29, 1.82) is 0 Å². The van der Waals surface area contributed by atoms with Crippen LogP contribution >= 0.6 is 0 Å². The minimum atomic E-state index is -0.362. The van der Waals surface area contributed by atoms with Gasteiger partial charge in [-0.25, -0.2) is 4.79 Å². The van der Waals surface area contributed by atoms with E-state index in [4.69, 9.17) is 10.5 Å². The molecule has 0 saturated heterocycles. The zero-order valence-corrected chi connectivity index (χ0v) is 8.86. The summed E-state index contributed by atoms with van der Waals surface area (Å²) in [5.41, 5.74) is 8.55. The van der Waals surface area contributed by atoms with Crippen LogP contribution < -0.4 is 5.73 Å². The number of aromatic amines is 1. The number of aromatic nitrogens is 1. The van der Waals surface area contributed by atoms with Gasteiger partial charge in [-0.15, -0.1) is 0 Å². The Labute approximate surface area is 93.0 Å². The van der Waals surface area contributed by atoms with Crippen LogP contribution in [0.15, 0.2) is 36.7 Å². The van der Waals surface area contributed by atoms with E-state index in [1.54, 1.807) is 18.5 Å². The third kappa shape index (κ3) is 1.77. The number of nitrogens with two attached hydrogens (primary N) is 1. The lowest BCUT2D eigenvalue weighted by Gasteiger charge is -2.03. The lowest BCUT2D eigenvalue weighted by Crippen LogP contribution is -2.01. The molecule has 82 valence electrons. The average Bonchev–Trinajstić information content (AvgIpc) is 2.77. The van der Waals surface area contributed by atoms with Crippen molar-refractivity contribution in [3.63, 3.8) is 0 Å². The average molecular weight is 216 g/mol. The summed E-state index contributed by atoms with van der Waals surface area (Å²) < 4.78 is 4.70. The summed E-state index contributed by atoms with van der Waals surface area (Å²) in [5, 5.41) is 0. The number of carbonyl (C=O) groups excluding carboxylic acids is 1. The molecular weight excluding hydrogens is 204 g/mol. The molecule has 0 amide bonds. The Morgan fingerprint density at radius 3 is 2.88 bits per heavy atom. The zero-order chi connectivity index (χ0) is 11.5. The van der Waals surface area contributed by atoms with Crippen molar-refractivity contribution in [2.24, 2.45) is 0 Å². The molecule has 2 aromatic rings. The van der Waals surface area contributed by atoms with E-state index in [2.05, 4.69) is 4.98 Å². The lowest BCUT2D eigenvalue weighted by atomic mass is 10.0. The fourth-order valence-corrected chi connectivity index (χ4v) is 1.59. The van der Waals surface area contributed by atoms with Gasteiger partial charge in [-0.05, 0) is 17.7 Å². The highest BCUT2D eigenvalue weighted by atomic mass is 16.5. The van der Waals surface area contributed by atoms with Crippen LogP contribution in [-0.4, -0.2) is 18.1 Å². The summed E-state index contributed by atoms with van der Waals surface area (Å²) in [6.45, 7) is 0. The van der Waals surface area contributed by atoms with Crippen LogP contribution in [0.25, 0.3) is 11.1 Å². The molecule has 2 rings (SSSR count). The normalized spacial score (nSPS) is 10.1. The van der Waals surface area contributed by atoms with E-state index in [9.17, 15) is 4.79 Å². The highest BCUT2D eigenvalue weighted by Gasteiger charge is 2.13. The molecule has 0 aliphatic heterocycles. The number of methoxy groups -OCH3 is 1. The zero-order valence-electron chi connectivity index (χ0n) is 8.86. The van der Waals surface area contributed by atoms with E-state index in [-0.39, 0.29) is 5.97 Å². The van der Waals surface area contributed by atoms with Crippen LogP contribution in [0.5, 0.6) is 0 Å². The second kappa shape index (κ2) is 4.10. The number of carbonyl (C=O) groups is 1. The first-order valence-electron chi connectivity index (χ1n) is 4.83. The van der Waals surface area contributed by atoms with E-state index >= 15 is 0 Å². The monoisotopic (exact) mass is 216 g/mol. The Morgan fingerprint density at radius 1 is 1.38 bits per heavy atom. The number of ether oxygens (including phenoxy) is 1. The van der Waals surface area contributed by atoms with E-state index < -0.39 is 0 Å². The highest BCUT2D eigenvalue weighted by molar-refractivity contribution is 5.97. The summed E-state index contributed by atoms with van der Waals surface area (Å²) in [6.07, 6.45) is 3.37. The molecule has 1 aromatic heterocycles. The maximum atomic E-state index is 11.5. The number of anilines is 1. The van der Waals surface area contributed by atoms with Crippen LogP contribution in [0.2, 0.25) is 0 Å². The Kier molecular flexibility index (Phi) is 2.64. The molecule has 0 aliphatic rings. The van der Waals surface area contributed by atoms with Gasteiger partial charge >= 0.3 is 5.97 Å². The second-order valence-electron chi connectivity index (χ2n) is 3.40. The van der Waals surface area contributed by atoms with E-state index in [0.717, 1.165) is 11.1 Å². The maximum absolute atomic E-state index is 11.5. The third-order valence-corrected chi connectivity index (χ3v) is 2.35. The van der Waals surface area contributed by atoms with Crippen LogP contribution in [0.4, 0.5) is 5.69 Å². The third-order valence-electron chi connectivity index (χ3n) is 2.35. The molecule has 1 aromatic carbocycles. The SMILES string of the molecule is COC(=O)c1c[nH]cc1-c1cccc(N)c1. The molecule has 3 N–H and O–H groups in total. The number of benzene rings is 1. The number of esters is 1. The first-order valence-corrected chi connectivity index (χ1v) is 4.83. The molecule has 0 unspecified atom stereocenters. The number of rotatable bonds is 2. The van der Waals surface area contributed by atoms with Crippen molar-refractivity contribution in [3.05, 3.63) is 42.2 Å². The van der Waals surface area contributed by atoms with Gasteiger partial charge in [-0.2, -0.15) is 0 Å². The van der Waals surface area contributed by atoms with Gasteiger partial charge in [0, 0.05) is 23.6 Å². The minimum absolute atomic E-state index is 0.362. The first-order chi connectivity index (χ1) is 7.72. The fourth-order valence-electron chi connectivity index (χ4n) is 1.59. The summed E-state index contributed by atoms with van der Waals surface area (Å²) in [7, 11) is 1.36. The molecule has 1 heterocycles. The quantitative estimate of drug-likeness (QED) is 0.596. The molecule has 0 bridgehead atoms. The topological polar surface area (TPSA) is 68.1 Å². The largest absolute Gasteiger partial charge is 0.465 e. The molecular formula is C12H12N2O2. The Balaban J connectivity index is 2.48. The van der Waals surface area contributed by atoms with Crippen molar-refractivity contribution < 1.29 is 9.53 Å². The lowest BCUT2D eigenvalue weighted by molar-refractivity contribution is 0.0602. The van der Waals surface area contributed by atoms with Gasteiger partial charge in [0.05, 0.1) is 12.7 Å². The first kappa shape index (κ1) is 10.3. The molecule has 16 heavy (non-hydrogen) atoms. The minimum Gasteiger partial charge on any atom is -0.465 e. The van der Waals surface area contributed by atoms with Gasteiger partial charge in [0.15, 0.2) is 0 Å². The number of hydrogen-bond acceptors (Lipinski definition) is 3. The van der Waals surface area contributed by atoms with Crippen LogP contribution in [0.3, 0.4) is 0 Å². The van der Waals surface area contributed by atoms with Gasteiger partial charge in [-0.3, -0.25) is 0 Å². The van der Waals surface area contributed by atoms with Gasteiger partial charge in [0.2, 0.25) is 0 Å². The number of nitrogen functional groups attached to an aromatic ring is 1. The molecule has 0 saturated carbocycles. The Bertz CT molecular complexity index is 517. The standard InChI is InChI=1S/C12H12N2O2/c1-16-12(15)11-7-14-6-10(11)8-3-2-4-9(13)5-8/h2-7,14H,13H2,1H3. The smallest absolute Gasteiger partial charge is 0.340 e. The van der Waals surface area contributed by atoms with Gasteiger partial charge in [0.25, 0.3) is 0 Å². The van der Waals surface area contributed by atoms with Crippen molar-refractivity contribution in [2.45, 2.75) is 0 Å². The van der Waals surface area contributed by atoms with Crippen molar-refractivity contribution >= 4 is 11.7 Å². The number of nitrogens with one attached hydrogen (secondary N) is 1. The van der Waals surface area contributed by atoms with Crippen LogP contribution in [0, 0.1) is 0 Å². The van der Waals surface area contributed by atoms with Crippen molar-refractivity contribution in [2.75, 3.05) is 12.8 Å². The summed E-state index contributed by atoms with van der Waals surface area (Å²) >= 11 is 0. The predicted molar refractivity (Wildman–Crippen MR) is 62.0 cm³/mol. The highest BCUT2D eigenvalue weighted by Crippen LogP contribution is 2.25. The number of H-pyrrole nitrogens is 1. The summed E-state index contributed by atoms with van der Waals surface area (Å²) in [5.74, 6) is -0.362.